The summed E-state index contributed by atoms with van der Waals surface area (Å²) in [5.74, 6) is 0. The van der Waals surface area contributed by atoms with Gasteiger partial charge in [-0.3, -0.25) is 0 Å². The zero-order chi connectivity index (χ0) is 10.3. The van der Waals surface area contributed by atoms with Crippen LogP contribution in [0.25, 0.3) is 0 Å². The first kappa shape index (κ1) is 12.9. The quantitative estimate of drug-likeness (QED) is 0.661. The highest BCUT2D eigenvalue weighted by Crippen LogP contribution is 2.20. The van der Waals surface area contributed by atoms with E-state index in [1.54, 1.807) is 7.11 Å². The predicted molar refractivity (Wildman–Crippen MR) is 54.8 cm³/mol. The van der Waals surface area contributed by atoms with Gasteiger partial charge in [0.1, 0.15) is 0 Å². The standard InChI is InChI=1S/C10H23NO2/c1-5-10(6-2,8-11)13-9(3)7-12-4/h9H,5-8,11H2,1-4H3. The molecule has 0 aliphatic heterocycles. The molecule has 80 valence electrons. The molecule has 0 bridgehead atoms. The third kappa shape index (κ3) is 4.07. The summed E-state index contributed by atoms with van der Waals surface area (Å²) in [6, 6.07) is 0. The van der Waals surface area contributed by atoms with E-state index in [0.29, 0.717) is 13.2 Å². The van der Waals surface area contributed by atoms with Crippen LogP contribution >= 0.6 is 0 Å². The molecule has 0 aromatic heterocycles. The molecule has 0 spiro atoms. The molecule has 1 atom stereocenters. The Morgan fingerprint density at radius 3 is 2.15 bits per heavy atom. The van der Waals surface area contributed by atoms with Crippen LogP contribution in [0.15, 0.2) is 0 Å². The third-order valence-corrected chi connectivity index (χ3v) is 2.51. The first-order valence-corrected chi connectivity index (χ1v) is 5.01. The van der Waals surface area contributed by atoms with Crippen molar-refractivity contribution in [2.75, 3.05) is 20.3 Å². The van der Waals surface area contributed by atoms with E-state index in [2.05, 4.69) is 13.8 Å². The monoisotopic (exact) mass is 189 g/mol. The smallest absolute Gasteiger partial charge is 0.0803 e. The van der Waals surface area contributed by atoms with Gasteiger partial charge < -0.3 is 15.2 Å². The largest absolute Gasteiger partial charge is 0.382 e. The molecule has 13 heavy (non-hydrogen) atoms. The summed E-state index contributed by atoms with van der Waals surface area (Å²) >= 11 is 0. The molecule has 0 heterocycles. The average Bonchev–Trinajstić information content (AvgIpc) is 2.15. The van der Waals surface area contributed by atoms with Crippen molar-refractivity contribution in [3.05, 3.63) is 0 Å². The lowest BCUT2D eigenvalue weighted by Crippen LogP contribution is -2.43. The first-order valence-electron chi connectivity index (χ1n) is 5.01. The van der Waals surface area contributed by atoms with Gasteiger partial charge in [-0.25, -0.2) is 0 Å². The molecule has 0 aromatic carbocycles. The maximum absolute atomic E-state index is 5.88. The van der Waals surface area contributed by atoms with Crippen LogP contribution in [0.5, 0.6) is 0 Å². The summed E-state index contributed by atoms with van der Waals surface area (Å²) in [4.78, 5) is 0. The number of nitrogens with two attached hydrogens (primary N) is 1. The van der Waals surface area contributed by atoms with Gasteiger partial charge >= 0.3 is 0 Å². The van der Waals surface area contributed by atoms with Gasteiger partial charge in [0.25, 0.3) is 0 Å². The molecular formula is C10H23NO2. The number of rotatable bonds is 7. The molecular weight excluding hydrogens is 166 g/mol. The second-order valence-electron chi connectivity index (χ2n) is 3.48. The Morgan fingerprint density at radius 1 is 1.31 bits per heavy atom. The fourth-order valence-corrected chi connectivity index (χ4v) is 1.45. The molecule has 3 nitrogen and oxygen atoms in total. The van der Waals surface area contributed by atoms with Crippen LogP contribution in [-0.2, 0) is 9.47 Å². The Bertz CT molecular complexity index is 116. The Kier molecular flexibility index (Phi) is 6.29. The summed E-state index contributed by atoms with van der Waals surface area (Å²) in [5.41, 5.74) is 5.55. The SMILES string of the molecule is CCC(CC)(CN)OC(C)COC. The van der Waals surface area contributed by atoms with E-state index in [1.807, 2.05) is 6.92 Å². The normalized spacial score (nSPS) is 14.5. The van der Waals surface area contributed by atoms with Gasteiger partial charge in [0.05, 0.1) is 18.3 Å². The van der Waals surface area contributed by atoms with Gasteiger partial charge in [-0.2, -0.15) is 0 Å². The molecule has 0 radical (unpaired) electrons. The van der Waals surface area contributed by atoms with Gasteiger partial charge in [-0.1, -0.05) is 13.8 Å². The van der Waals surface area contributed by atoms with Crippen molar-refractivity contribution in [1.82, 2.24) is 0 Å². The third-order valence-electron chi connectivity index (χ3n) is 2.51. The molecule has 0 aromatic rings. The maximum Gasteiger partial charge on any atom is 0.0803 e. The summed E-state index contributed by atoms with van der Waals surface area (Å²) < 4.78 is 10.9. The number of hydrogen-bond donors (Lipinski definition) is 1. The average molecular weight is 189 g/mol. The van der Waals surface area contributed by atoms with Crippen LogP contribution in [0, 0.1) is 0 Å². The van der Waals surface area contributed by atoms with Crippen molar-refractivity contribution in [1.29, 1.82) is 0 Å². The molecule has 0 fully saturated rings. The lowest BCUT2D eigenvalue weighted by atomic mass is 9.97. The topological polar surface area (TPSA) is 44.5 Å². The van der Waals surface area contributed by atoms with Crippen molar-refractivity contribution in [3.8, 4) is 0 Å². The van der Waals surface area contributed by atoms with Crippen molar-refractivity contribution in [3.63, 3.8) is 0 Å². The van der Waals surface area contributed by atoms with Crippen LogP contribution in [0.3, 0.4) is 0 Å². The van der Waals surface area contributed by atoms with E-state index in [0.717, 1.165) is 12.8 Å². The summed E-state index contributed by atoms with van der Waals surface area (Å²) in [6.07, 6.45) is 2.02. The number of ether oxygens (including phenoxy) is 2. The van der Waals surface area contributed by atoms with Crippen molar-refractivity contribution in [2.45, 2.75) is 45.3 Å². The fourth-order valence-electron chi connectivity index (χ4n) is 1.45. The van der Waals surface area contributed by atoms with Gasteiger partial charge in [-0.15, -0.1) is 0 Å². The highest BCUT2D eigenvalue weighted by molar-refractivity contribution is 4.79. The van der Waals surface area contributed by atoms with E-state index in [9.17, 15) is 0 Å². The Morgan fingerprint density at radius 2 is 1.85 bits per heavy atom. The van der Waals surface area contributed by atoms with E-state index >= 15 is 0 Å². The van der Waals surface area contributed by atoms with Crippen LogP contribution in [0.4, 0.5) is 0 Å². The second kappa shape index (κ2) is 6.35. The Balaban J connectivity index is 4.07. The molecule has 0 amide bonds. The van der Waals surface area contributed by atoms with Crippen LogP contribution in [0.1, 0.15) is 33.6 Å². The lowest BCUT2D eigenvalue weighted by Gasteiger charge is -2.33. The highest BCUT2D eigenvalue weighted by atomic mass is 16.5. The summed E-state index contributed by atoms with van der Waals surface area (Å²) in [5, 5.41) is 0. The number of hydrogen-bond acceptors (Lipinski definition) is 3. The maximum atomic E-state index is 5.88. The summed E-state index contributed by atoms with van der Waals surface area (Å²) in [7, 11) is 1.68. The van der Waals surface area contributed by atoms with Gasteiger partial charge in [0, 0.05) is 13.7 Å². The minimum absolute atomic E-state index is 0.119. The van der Waals surface area contributed by atoms with Crippen LogP contribution in [-0.4, -0.2) is 32.0 Å². The minimum atomic E-state index is -0.155. The summed E-state index contributed by atoms with van der Waals surface area (Å²) in [6.45, 7) is 7.43. The molecule has 2 N–H and O–H groups in total. The molecule has 3 heteroatoms. The minimum Gasteiger partial charge on any atom is -0.382 e. The molecule has 0 saturated heterocycles. The molecule has 1 unspecified atom stereocenters. The molecule has 0 aliphatic rings. The zero-order valence-electron chi connectivity index (χ0n) is 9.30. The molecule has 0 saturated carbocycles. The second-order valence-corrected chi connectivity index (χ2v) is 3.48. The molecule has 0 rings (SSSR count). The highest BCUT2D eigenvalue weighted by Gasteiger charge is 2.27. The van der Waals surface area contributed by atoms with Gasteiger partial charge in [-0.05, 0) is 19.8 Å². The predicted octanol–water partition coefficient (Wildman–Crippen LogP) is 1.56. The van der Waals surface area contributed by atoms with E-state index in [-0.39, 0.29) is 11.7 Å². The van der Waals surface area contributed by atoms with E-state index < -0.39 is 0 Å². The fraction of sp³-hybridized carbons (Fsp3) is 1.00. The van der Waals surface area contributed by atoms with Gasteiger partial charge in [0.2, 0.25) is 0 Å². The van der Waals surface area contributed by atoms with Crippen LogP contribution in [0.2, 0.25) is 0 Å². The van der Waals surface area contributed by atoms with E-state index in [4.69, 9.17) is 15.2 Å². The number of methoxy groups -OCH3 is 1. The zero-order valence-corrected chi connectivity index (χ0v) is 9.30. The van der Waals surface area contributed by atoms with Crippen molar-refractivity contribution in [2.24, 2.45) is 5.73 Å². The van der Waals surface area contributed by atoms with Crippen LogP contribution < -0.4 is 5.73 Å². The van der Waals surface area contributed by atoms with Gasteiger partial charge in [0.15, 0.2) is 0 Å². The first-order chi connectivity index (χ1) is 6.14. The Hall–Kier alpha value is -0.120. The lowest BCUT2D eigenvalue weighted by molar-refractivity contribution is -0.106. The van der Waals surface area contributed by atoms with Crippen molar-refractivity contribution < 1.29 is 9.47 Å². The van der Waals surface area contributed by atoms with Crippen molar-refractivity contribution >= 4 is 0 Å². The van der Waals surface area contributed by atoms with E-state index in [1.165, 1.54) is 0 Å². The Labute approximate surface area is 81.6 Å². The molecule has 0 aliphatic carbocycles.